The zero-order valence-corrected chi connectivity index (χ0v) is 24.4. The Hall–Kier alpha value is -4.58. The maximum atomic E-state index is 13.1. The Morgan fingerprint density at radius 2 is 1.60 bits per heavy atom. The van der Waals surface area contributed by atoms with Gasteiger partial charge in [-0.15, -0.1) is 0 Å². The summed E-state index contributed by atoms with van der Waals surface area (Å²) in [5.41, 5.74) is 2.25. The second-order valence-corrected chi connectivity index (χ2v) is 10.1. The van der Waals surface area contributed by atoms with Crippen molar-refractivity contribution in [2.24, 2.45) is 5.16 Å². The number of alkyl carbamates (subject to hydrolysis) is 1. The van der Waals surface area contributed by atoms with Crippen LogP contribution in [0.25, 0.3) is 0 Å². The fraction of sp³-hybridized carbons (Fsp3) is 0.267. The van der Waals surface area contributed by atoms with E-state index in [-0.39, 0.29) is 43.8 Å². The number of benzene rings is 3. The topological polar surface area (TPSA) is 134 Å². The molecule has 2 atom stereocenters. The summed E-state index contributed by atoms with van der Waals surface area (Å²) in [6, 6.07) is 22.2. The van der Waals surface area contributed by atoms with E-state index in [1.165, 1.54) is 13.2 Å². The Labute approximate surface area is 251 Å². The lowest BCUT2D eigenvalue weighted by Crippen LogP contribution is -2.49. The van der Waals surface area contributed by atoms with Gasteiger partial charge in [0.25, 0.3) is 0 Å². The predicted octanol–water partition coefficient (Wildman–Crippen LogP) is 4.86. The zero-order chi connectivity index (χ0) is 29.7. The molecule has 4 rings (SSSR count). The van der Waals surface area contributed by atoms with Crippen molar-refractivity contribution in [3.63, 3.8) is 0 Å². The monoisotopic (exact) mass is 639 g/mol. The van der Waals surface area contributed by atoms with Crippen molar-refractivity contribution in [3.8, 4) is 11.5 Å². The number of ether oxygens (including phenoxy) is 4. The van der Waals surface area contributed by atoms with Gasteiger partial charge < -0.3 is 34.4 Å². The fourth-order valence-corrected chi connectivity index (χ4v) is 4.40. The number of nitrogens with one attached hydrogen (secondary N) is 2. The number of hydrogen-bond acceptors (Lipinski definition) is 9. The number of nitrogens with zero attached hydrogens (tertiary/aromatic N) is 1. The van der Waals surface area contributed by atoms with Crippen molar-refractivity contribution >= 4 is 38.7 Å². The molecule has 0 aromatic heterocycles. The van der Waals surface area contributed by atoms with Gasteiger partial charge in [0, 0.05) is 12.8 Å². The number of amides is 2. The first-order valence-corrected chi connectivity index (χ1v) is 13.9. The highest BCUT2D eigenvalue weighted by atomic mass is 79.9. The van der Waals surface area contributed by atoms with Crippen LogP contribution < -0.4 is 20.1 Å². The second kappa shape index (κ2) is 15.4. The molecule has 0 fully saturated rings. The van der Waals surface area contributed by atoms with Crippen molar-refractivity contribution in [2.45, 2.75) is 38.2 Å². The molecule has 12 heteroatoms. The minimum Gasteiger partial charge on any atom is -0.493 e. The van der Waals surface area contributed by atoms with Crippen molar-refractivity contribution < 1.29 is 38.2 Å². The summed E-state index contributed by atoms with van der Waals surface area (Å²) < 4.78 is 21.9. The number of hydrogen-bond donors (Lipinski definition) is 2. The van der Waals surface area contributed by atoms with Crippen LogP contribution in [0.1, 0.15) is 23.1 Å². The van der Waals surface area contributed by atoms with Gasteiger partial charge >= 0.3 is 12.2 Å². The van der Waals surface area contributed by atoms with E-state index in [2.05, 4.69) is 31.7 Å². The van der Waals surface area contributed by atoms with Gasteiger partial charge in [0.15, 0.2) is 17.6 Å². The number of oxime groups is 1. The van der Waals surface area contributed by atoms with Crippen LogP contribution >= 0.6 is 15.9 Å². The van der Waals surface area contributed by atoms with Crippen LogP contribution in [0, 0.1) is 0 Å². The molecule has 1 aliphatic heterocycles. The van der Waals surface area contributed by atoms with Gasteiger partial charge in [0.2, 0.25) is 5.91 Å². The number of carbonyl (C=O) groups excluding carboxylic acids is 3. The molecule has 42 heavy (non-hydrogen) atoms. The van der Waals surface area contributed by atoms with Crippen LogP contribution in [-0.2, 0) is 38.7 Å². The first-order chi connectivity index (χ1) is 20.4. The van der Waals surface area contributed by atoms with E-state index >= 15 is 0 Å². The Kier molecular flexibility index (Phi) is 11.2. The molecular formula is C30H30BrN3O8. The van der Waals surface area contributed by atoms with Crippen LogP contribution in [0.4, 0.5) is 9.59 Å². The molecule has 1 unspecified atom stereocenters. The van der Waals surface area contributed by atoms with Gasteiger partial charge in [0.1, 0.15) is 23.9 Å². The van der Waals surface area contributed by atoms with E-state index in [1.807, 2.05) is 60.7 Å². The normalized spacial score (nSPS) is 14.5. The number of carbonyl (C=O) groups is 3. The highest BCUT2D eigenvalue weighted by molar-refractivity contribution is 9.18. The lowest BCUT2D eigenvalue weighted by atomic mass is 10.0. The Morgan fingerprint density at radius 3 is 2.21 bits per heavy atom. The molecule has 0 bridgehead atoms. The van der Waals surface area contributed by atoms with Gasteiger partial charge in [0.05, 0.1) is 13.7 Å². The van der Waals surface area contributed by atoms with Crippen LogP contribution in [0.15, 0.2) is 84.0 Å². The van der Waals surface area contributed by atoms with Crippen LogP contribution in [0.5, 0.6) is 11.5 Å². The third-order valence-corrected chi connectivity index (χ3v) is 6.55. The van der Waals surface area contributed by atoms with E-state index in [1.54, 1.807) is 12.1 Å². The van der Waals surface area contributed by atoms with Gasteiger partial charge in [-0.05, 0) is 44.8 Å². The highest BCUT2D eigenvalue weighted by Crippen LogP contribution is 2.29. The first-order valence-electron chi connectivity index (χ1n) is 13.1. The van der Waals surface area contributed by atoms with Crippen LogP contribution in [0.3, 0.4) is 0 Å². The summed E-state index contributed by atoms with van der Waals surface area (Å²) >= 11 is 3.27. The summed E-state index contributed by atoms with van der Waals surface area (Å²) in [6.45, 7) is 0.288. The molecule has 0 aliphatic carbocycles. The van der Waals surface area contributed by atoms with Crippen molar-refractivity contribution in [1.29, 1.82) is 0 Å². The molecule has 2 N–H and O–H groups in total. The summed E-state index contributed by atoms with van der Waals surface area (Å²) in [4.78, 5) is 43.3. The smallest absolute Gasteiger partial charge is 0.493 e. The SMILES string of the molecule is COc1cc(C[C@H](NC(=O)OCc2ccccc2)C(=O)NCC2CC(Br)=NO2)ccc1OC(=O)OCc1ccccc1. The third kappa shape index (κ3) is 9.51. The summed E-state index contributed by atoms with van der Waals surface area (Å²) in [6.07, 6.45) is -1.37. The standard InChI is InChI=1S/C30H30BrN3O8/c1-38-26-15-22(12-13-25(26)41-30(37)40-19-21-10-6-3-7-11-21)14-24(28(35)32-17-23-16-27(31)34-42-23)33-29(36)39-18-20-8-4-2-5-9-20/h2-13,15,23-24H,14,16-19H2,1H3,(H,32,35)(H,33,36)/t23?,24-/m0/s1. The van der Waals surface area contributed by atoms with E-state index in [9.17, 15) is 14.4 Å². The summed E-state index contributed by atoms with van der Waals surface area (Å²) in [7, 11) is 1.42. The van der Waals surface area contributed by atoms with Gasteiger partial charge in [-0.1, -0.05) is 71.9 Å². The minimum absolute atomic E-state index is 0.0442. The lowest BCUT2D eigenvalue weighted by molar-refractivity contribution is -0.123. The second-order valence-electron chi connectivity index (χ2n) is 9.22. The minimum atomic E-state index is -0.994. The molecule has 0 saturated carbocycles. The maximum Gasteiger partial charge on any atom is 0.514 e. The first kappa shape index (κ1) is 30.4. The van der Waals surface area contributed by atoms with Crippen molar-refractivity contribution in [2.75, 3.05) is 13.7 Å². The molecule has 2 amide bonds. The van der Waals surface area contributed by atoms with Gasteiger partial charge in [-0.2, -0.15) is 0 Å². The van der Waals surface area contributed by atoms with E-state index < -0.39 is 24.2 Å². The zero-order valence-electron chi connectivity index (χ0n) is 22.8. The van der Waals surface area contributed by atoms with E-state index in [4.69, 9.17) is 23.8 Å². The van der Waals surface area contributed by atoms with E-state index in [0.717, 1.165) is 11.1 Å². The maximum absolute atomic E-state index is 13.1. The molecule has 0 radical (unpaired) electrons. The summed E-state index contributed by atoms with van der Waals surface area (Å²) in [5, 5.41) is 9.25. The summed E-state index contributed by atoms with van der Waals surface area (Å²) in [5.74, 6) is -0.0575. The molecule has 1 heterocycles. The van der Waals surface area contributed by atoms with Crippen LogP contribution in [-0.4, -0.2) is 48.6 Å². The number of methoxy groups -OCH3 is 1. The van der Waals surface area contributed by atoms with Gasteiger partial charge in [-0.25, -0.2) is 9.59 Å². The molecule has 0 spiro atoms. The third-order valence-electron chi connectivity index (χ3n) is 6.08. The molecule has 3 aromatic rings. The molecule has 220 valence electrons. The highest BCUT2D eigenvalue weighted by Gasteiger charge is 2.26. The Morgan fingerprint density at radius 1 is 0.929 bits per heavy atom. The quantitative estimate of drug-likeness (QED) is 0.212. The largest absolute Gasteiger partial charge is 0.514 e. The lowest BCUT2D eigenvalue weighted by Gasteiger charge is -2.20. The van der Waals surface area contributed by atoms with E-state index in [0.29, 0.717) is 16.6 Å². The Balaban J connectivity index is 1.39. The number of rotatable bonds is 12. The fourth-order valence-electron chi connectivity index (χ4n) is 3.95. The average molecular weight is 640 g/mol. The molecule has 1 aliphatic rings. The predicted molar refractivity (Wildman–Crippen MR) is 156 cm³/mol. The van der Waals surface area contributed by atoms with Crippen molar-refractivity contribution in [1.82, 2.24) is 10.6 Å². The molecule has 3 aromatic carbocycles. The average Bonchev–Trinajstić information content (AvgIpc) is 3.44. The molecule has 11 nitrogen and oxygen atoms in total. The van der Waals surface area contributed by atoms with Gasteiger partial charge in [-0.3, -0.25) is 4.79 Å². The molecule has 0 saturated heterocycles. The number of halogens is 1. The van der Waals surface area contributed by atoms with Crippen LogP contribution in [0.2, 0.25) is 0 Å². The molecular weight excluding hydrogens is 610 g/mol. The van der Waals surface area contributed by atoms with Crippen molar-refractivity contribution in [3.05, 3.63) is 95.6 Å². The Bertz CT molecular complexity index is 1390.